The first-order chi connectivity index (χ1) is 11.0. The third-order valence-corrected chi connectivity index (χ3v) is 4.65. The number of nitrogens with zero attached hydrogens (tertiary/aromatic N) is 1. The van der Waals surface area contributed by atoms with E-state index in [-0.39, 0.29) is 12.1 Å². The highest BCUT2D eigenvalue weighted by atomic mass is 16.5. The van der Waals surface area contributed by atoms with Crippen LogP contribution in [0.3, 0.4) is 0 Å². The second-order valence-corrected chi connectivity index (χ2v) is 6.70. The van der Waals surface area contributed by atoms with Crippen LogP contribution >= 0.6 is 0 Å². The van der Waals surface area contributed by atoms with Gasteiger partial charge in [0.05, 0.1) is 6.04 Å². The molecule has 1 saturated heterocycles. The minimum atomic E-state index is -0.679. The summed E-state index contributed by atoms with van der Waals surface area (Å²) >= 11 is 0. The summed E-state index contributed by atoms with van der Waals surface area (Å²) in [5.74, 6) is 0.848. The van der Waals surface area contributed by atoms with E-state index in [2.05, 4.69) is 11.4 Å². The third kappa shape index (κ3) is 2.17. The molecule has 2 aliphatic heterocycles. The fourth-order valence-electron chi connectivity index (χ4n) is 3.79. The van der Waals surface area contributed by atoms with Gasteiger partial charge in [-0.1, -0.05) is 24.3 Å². The summed E-state index contributed by atoms with van der Waals surface area (Å²) in [5.41, 5.74) is 3.52. The highest BCUT2D eigenvalue weighted by Gasteiger charge is 2.49. The highest BCUT2D eigenvalue weighted by molar-refractivity contribution is 5.95. The van der Waals surface area contributed by atoms with Crippen LogP contribution in [0.5, 0.6) is 5.75 Å². The van der Waals surface area contributed by atoms with Gasteiger partial charge < -0.3 is 10.1 Å². The van der Waals surface area contributed by atoms with Gasteiger partial charge in [-0.05, 0) is 50.1 Å². The molecule has 118 valence electrons. The van der Waals surface area contributed by atoms with Gasteiger partial charge >= 0.3 is 6.03 Å². The zero-order chi connectivity index (χ0) is 16.2. The second-order valence-electron chi connectivity index (χ2n) is 6.70. The molecule has 4 heteroatoms. The van der Waals surface area contributed by atoms with Crippen LogP contribution in [0.1, 0.15) is 36.1 Å². The van der Waals surface area contributed by atoms with Crippen LogP contribution in [0.4, 0.5) is 10.5 Å². The average molecular weight is 308 g/mol. The van der Waals surface area contributed by atoms with E-state index in [0.29, 0.717) is 0 Å². The van der Waals surface area contributed by atoms with Gasteiger partial charge in [0, 0.05) is 17.7 Å². The van der Waals surface area contributed by atoms with E-state index in [0.717, 1.165) is 34.5 Å². The third-order valence-electron chi connectivity index (χ3n) is 4.65. The number of aryl methyl sites for hydroxylation is 2. The molecule has 0 saturated carbocycles. The van der Waals surface area contributed by atoms with Crippen molar-refractivity contribution >= 4 is 11.7 Å². The molecule has 2 bridgehead atoms. The van der Waals surface area contributed by atoms with E-state index in [1.165, 1.54) is 0 Å². The molecule has 2 atom stereocenters. The Hall–Kier alpha value is -2.49. The van der Waals surface area contributed by atoms with Gasteiger partial charge in [0.2, 0.25) is 0 Å². The van der Waals surface area contributed by atoms with Crippen LogP contribution < -0.4 is 15.0 Å². The van der Waals surface area contributed by atoms with Crippen molar-refractivity contribution in [2.24, 2.45) is 0 Å². The fourth-order valence-corrected chi connectivity index (χ4v) is 3.79. The Bertz CT molecular complexity index is 781. The summed E-state index contributed by atoms with van der Waals surface area (Å²) in [5, 5.41) is 3.12. The molecule has 0 aromatic heterocycles. The first-order valence-electron chi connectivity index (χ1n) is 7.93. The largest absolute Gasteiger partial charge is 0.467 e. The maximum atomic E-state index is 12.8. The summed E-state index contributed by atoms with van der Waals surface area (Å²) in [4.78, 5) is 14.5. The van der Waals surface area contributed by atoms with Gasteiger partial charge in [0.1, 0.15) is 5.75 Å². The van der Waals surface area contributed by atoms with Gasteiger partial charge in [0.15, 0.2) is 5.72 Å². The molecule has 2 amide bonds. The van der Waals surface area contributed by atoms with E-state index >= 15 is 0 Å². The van der Waals surface area contributed by atoms with Crippen LogP contribution in [-0.4, -0.2) is 11.8 Å². The van der Waals surface area contributed by atoms with E-state index < -0.39 is 5.72 Å². The fraction of sp³-hybridized carbons (Fsp3) is 0.316. The molecule has 4 nitrogen and oxygen atoms in total. The van der Waals surface area contributed by atoms with Gasteiger partial charge in [-0.15, -0.1) is 0 Å². The Labute approximate surface area is 136 Å². The van der Waals surface area contributed by atoms with Gasteiger partial charge in [-0.2, -0.15) is 0 Å². The number of carbonyl (C=O) groups excluding carboxylic acids is 1. The lowest BCUT2D eigenvalue weighted by molar-refractivity contribution is 0.0379. The van der Waals surface area contributed by atoms with E-state index in [4.69, 9.17) is 4.74 Å². The molecule has 0 unspecified atom stereocenters. The standard InChI is InChI=1S/C19H20N2O2/c1-12-8-13(2)10-14(9-12)21-18(22)20-16-11-19(21,3)23-17-7-5-4-6-15(16)17/h4-10,16H,11H2,1-3H3,(H,20,22)/t16-,19-/m0/s1. The molecule has 1 fully saturated rings. The van der Waals surface area contributed by atoms with Crippen molar-refractivity contribution in [2.75, 3.05) is 4.90 Å². The van der Waals surface area contributed by atoms with Crippen LogP contribution in [0, 0.1) is 13.8 Å². The van der Waals surface area contributed by atoms with Crippen molar-refractivity contribution in [3.63, 3.8) is 0 Å². The van der Waals surface area contributed by atoms with Crippen molar-refractivity contribution < 1.29 is 9.53 Å². The summed E-state index contributed by atoms with van der Waals surface area (Å²) in [6.45, 7) is 6.08. The molecule has 0 aliphatic carbocycles. The predicted molar refractivity (Wildman–Crippen MR) is 89.8 cm³/mol. The van der Waals surface area contributed by atoms with Crippen molar-refractivity contribution in [1.29, 1.82) is 0 Å². The van der Waals surface area contributed by atoms with E-state index in [1.807, 2.05) is 57.2 Å². The first-order valence-corrected chi connectivity index (χ1v) is 7.93. The number of fused-ring (bicyclic) bond motifs is 4. The topological polar surface area (TPSA) is 41.6 Å². The van der Waals surface area contributed by atoms with Gasteiger partial charge in [-0.25, -0.2) is 4.79 Å². The molecular formula is C19H20N2O2. The predicted octanol–water partition coefficient (Wildman–Crippen LogP) is 4.07. The molecule has 2 aromatic rings. The number of para-hydroxylation sites is 1. The Morgan fingerprint density at radius 2 is 1.87 bits per heavy atom. The zero-order valence-corrected chi connectivity index (χ0v) is 13.6. The van der Waals surface area contributed by atoms with Crippen LogP contribution in [0.25, 0.3) is 0 Å². The maximum absolute atomic E-state index is 12.8. The first kappa shape index (κ1) is 14.1. The SMILES string of the molecule is Cc1cc(C)cc(N2C(=O)N[C@H]3C[C@]2(C)Oc2ccccc23)c1. The summed E-state index contributed by atoms with van der Waals surface area (Å²) in [7, 11) is 0. The Balaban J connectivity index is 1.82. The number of ether oxygens (including phenoxy) is 1. The Morgan fingerprint density at radius 3 is 2.61 bits per heavy atom. The molecule has 0 spiro atoms. The lowest BCUT2D eigenvalue weighted by Gasteiger charge is -2.50. The van der Waals surface area contributed by atoms with E-state index in [9.17, 15) is 4.79 Å². The smallest absolute Gasteiger partial charge is 0.325 e. The van der Waals surface area contributed by atoms with Crippen molar-refractivity contribution in [2.45, 2.75) is 39.0 Å². The number of carbonyl (C=O) groups is 1. The van der Waals surface area contributed by atoms with Gasteiger partial charge in [0.25, 0.3) is 0 Å². The number of rotatable bonds is 1. The number of urea groups is 1. The second kappa shape index (κ2) is 4.75. The monoisotopic (exact) mass is 308 g/mol. The average Bonchev–Trinajstić information content (AvgIpc) is 2.45. The summed E-state index contributed by atoms with van der Waals surface area (Å²) in [6, 6.07) is 14.0. The quantitative estimate of drug-likeness (QED) is 0.862. The van der Waals surface area contributed by atoms with Crippen molar-refractivity contribution in [3.05, 3.63) is 59.2 Å². The van der Waals surface area contributed by atoms with Crippen LogP contribution in [-0.2, 0) is 0 Å². The zero-order valence-electron chi connectivity index (χ0n) is 13.6. The minimum Gasteiger partial charge on any atom is -0.467 e. The molecule has 2 aliphatic rings. The lowest BCUT2D eigenvalue weighted by atomic mass is 9.90. The molecule has 23 heavy (non-hydrogen) atoms. The molecular weight excluding hydrogens is 288 g/mol. The Morgan fingerprint density at radius 1 is 1.17 bits per heavy atom. The minimum absolute atomic E-state index is 0.000365. The van der Waals surface area contributed by atoms with Crippen molar-refractivity contribution in [1.82, 2.24) is 5.32 Å². The lowest BCUT2D eigenvalue weighted by Crippen LogP contribution is -2.65. The molecule has 2 heterocycles. The number of nitrogens with one attached hydrogen (secondary N) is 1. The molecule has 0 radical (unpaired) electrons. The van der Waals surface area contributed by atoms with Gasteiger partial charge in [-0.3, -0.25) is 4.90 Å². The Kier molecular flexibility index (Phi) is 2.92. The summed E-state index contributed by atoms with van der Waals surface area (Å²) in [6.07, 6.45) is 0.725. The number of benzene rings is 2. The number of anilines is 1. The molecule has 2 aromatic carbocycles. The summed E-state index contributed by atoms with van der Waals surface area (Å²) < 4.78 is 6.27. The molecule has 1 N–H and O–H groups in total. The number of hydrogen-bond acceptors (Lipinski definition) is 2. The van der Waals surface area contributed by atoms with Crippen LogP contribution in [0.15, 0.2) is 42.5 Å². The number of amides is 2. The van der Waals surface area contributed by atoms with Crippen molar-refractivity contribution in [3.8, 4) is 5.75 Å². The molecule has 4 rings (SSSR count). The number of hydrogen-bond donors (Lipinski definition) is 1. The normalized spacial score (nSPS) is 25.4. The van der Waals surface area contributed by atoms with E-state index in [1.54, 1.807) is 4.90 Å². The highest BCUT2D eigenvalue weighted by Crippen LogP contribution is 2.45. The van der Waals surface area contributed by atoms with Crippen LogP contribution in [0.2, 0.25) is 0 Å². The maximum Gasteiger partial charge on any atom is 0.325 e.